The monoisotopic (exact) mass is 415 g/mol. The molecule has 0 unspecified atom stereocenters. The van der Waals surface area contributed by atoms with Crippen LogP contribution in [0, 0.1) is 0 Å². The molecule has 0 aromatic heterocycles. The van der Waals surface area contributed by atoms with Crippen LogP contribution in [-0.2, 0) is 19.1 Å². The smallest absolute Gasteiger partial charge is 0.355 e. The van der Waals surface area contributed by atoms with Crippen LogP contribution in [0.2, 0.25) is 0 Å². The SMILES string of the molecule is COC(=O)C1=C(C(=O)OC)N(c2ccc3c(c2)C(=O)c2ccccc2C3=O)C=CC=C1. The van der Waals surface area contributed by atoms with E-state index in [1.54, 1.807) is 54.8 Å². The van der Waals surface area contributed by atoms with E-state index in [2.05, 4.69) is 0 Å². The van der Waals surface area contributed by atoms with Gasteiger partial charge >= 0.3 is 11.9 Å². The normalized spacial score (nSPS) is 14.7. The summed E-state index contributed by atoms with van der Waals surface area (Å²) in [5.74, 6) is -2.02. The molecule has 0 saturated carbocycles. The molecule has 7 heteroatoms. The molecule has 0 bridgehead atoms. The fraction of sp³-hybridized carbons (Fsp3) is 0.0833. The van der Waals surface area contributed by atoms with E-state index < -0.39 is 11.9 Å². The molecule has 0 fully saturated rings. The van der Waals surface area contributed by atoms with Gasteiger partial charge < -0.3 is 14.4 Å². The minimum absolute atomic E-state index is 0.00943. The van der Waals surface area contributed by atoms with Crippen LogP contribution in [0.25, 0.3) is 0 Å². The molecule has 0 atom stereocenters. The number of ketones is 2. The Morgan fingerprint density at radius 2 is 1.39 bits per heavy atom. The predicted octanol–water partition coefficient (Wildman–Crippen LogP) is 2.95. The van der Waals surface area contributed by atoms with Gasteiger partial charge in [-0.1, -0.05) is 30.3 Å². The summed E-state index contributed by atoms with van der Waals surface area (Å²) in [7, 11) is 2.41. The molecule has 2 aromatic rings. The Balaban J connectivity index is 1.88. The summed E-state index contributed by atoms with van der Waals surface area (Å²) < 4.78 is 9.69. The fourth-order valence-electron chi connectivity index (χ4n) is 3.60. The van der Waals surface area contributed by atoms with Gasteiger partial charge in [0.1, 0.15) is 5.70 Å². The van der Waals surface area contributed by atoms with Crippen LogP contribution in [0.5, 0.6) is 0 Å². The van der Waals surface area contributed by atoms with E-state index in [0.29, 0.717) is 16.8 Å². The standard InChI is InChI=1S/C24H17NO6/c1-30-23(28)18-9-5-6-12-25(20(18)24(29)31-2)14-10-11-17-19(13-14)22(27)16-8-4-3-7-15(16)21(17)26/h3-13H,1-2H3. The maximum absolute atomic E-state index is 13.1. The molecule has 0 N–H and O–H groups in total. The topological polar surface area (TPSA) is 90.0 Å². The molecule has 0 amide bonds. The molecule has 0 spiro atoms. The highest BCUT2D eigenvalue weighted by atomic mass is 16.5. The van der Waals surface area contributed by atoms with Crippen LogP contribution < -0.4 is 4.90 Å². The molecule has 2 aromatic carbocycles. The van der Waals surface area contributed by atoms with E-state index in [-0.39, 0.29) is 34.0 Å². The first-order valence-corrected chi connectivity index (χ1v) is 9.35. The maximum Gasteiger partial charge on any atom is 0.355 e. The summed E-state index contributed by atoms with van der Waals surface area (Å²) in [5.41, 5.74) is 1.50. The van der Waals surface area contributed by atoms with E-state index in [4.69, 9.17) is 9.47 Å². The van der Waals surface area contributed by atoms with Crippen molar-refractivity contribution in [1.29, 1.82) is 0 Å². The first kappa shape index (κ1) is 20.0. The van der Waals surface area contributed by atoms with E-state index in [9.17, 15) is 19.2 Å². The van der Waals surface area contributed by atoms with Gasteiger partial charge in [-0.2, -0.15) is 0 Å². The quantitative estimate of drug-likeness (QED) is 0.608. The molecule has 0 radical (unpaired) electrons. The van der Waals surface area contributed by atoms with Crippen LogP contribution in [0.3, 0.4) is 0 Å². The van der Waals surface area contributed by atoms with E-state index in [0.717, 1.165) is 0 Å². The number of carbonyl (C=O) groups is 4. The Bertz CT molecular complexity index is 1230. The highest BCUT2D eigenvalue weighted by Gasteiger charge is 2.32. The van der Waals surface area contributed by atoms with Crippen molar-refractivity contribution in [2.45, 2.75) is 0 Å². The number of hydrogen-bond donors (Lipinski definition) is 0. The number of allylic oxidation sites excluding steroid dienone is 2. The lowest BCUT2D eigenvalue weighted by Gasteiger charge is -2.25. The van der Waals surface area contributed by atoms with Crippen LogP contribution in [0.15, 0.2) is 78.2 Å². The third-order valence-electron chi connectivity index (χ3n) is 5.08. The van der Waals surface area contributed by atoms with E-state index >= 15 is 0 Å². The maximum atomic E-state index is 13.1. The molecule has 0 saturated heterocycles. The van der Waals surface area contributed by atoms with Crippen molar-refractivity contribution in [1.82, 2.24) is 0 Å². The van der Waals surface area contributed by atoms with Crippen molar-refractivity contribution >= 4 is 29.2 Å². The van der Waals surface area contributed by atoms with Crippen molar-refractivity contribution in [2.24, 2.45) is 0 Å². The number of carbonyl (C=O) groups excluding carboxylic acids is 4. The lowest BCUT2D eigenvalue weighted by atomic mass is 9.84. The van der Waals surface area contributed by atoms with Gasteiger partial charge in [0.25, 0.3) is 0 Å². The van der Waals surface area contributed by atoms with Gasteiger partial charge in [0.2, 0.25) is 0 Å². The third kappa shape index (κ3) is 3.26. The largest absolute Gasteiger partial charge is 0.465 e. The lowest BCUT2D eigenvalue weighted by Crippen LogP contribution is -2.28. The number of methoxy groups -OCH3 is 2. The van der Waals surface area contributed by atoms with Crippen LogP contribution in [-0.4, -0.2) is 37.7 Å². The zero-order valence-corrected chi connectivity index (χ0v) is 16.7. The predicted molar refractivity (Wildman–Crippen MR) is 112 cm³/mol. The number of fused-ring (bicyclic) bond motifs is 2. The lowest BCUT2D eigenvalue weighted by molar-refractivity contribution is -0.139. The second kappa shape index (κ2) is 7.87. The van der Waals surface area contributed by atoms with Gasteiger partial charge in [0, 0.05) is 34.1 Å². The number of rotatable bonds is 3. The molecule has 1 heterocycles. The summed E-state index contributed by atoms with van der Waals surface area (Å²) in [6, 6.07) is 11.3. The van der Waals surface area contributed by atoms with Crippen LogP contribution in [0.4, 0.5) is 5.69 Å². The number of ether oxygens (including phenoxy) is 2. The minimum atomic E-state index is -0.762. The number of benzene rings is 2. The summed E-state index contributed by atoms with van der Waals surface area (Å²) in [5, 5.41) is 0. The Hall–Kier alpha value is -4.26. The molecule has 31 heavy (non-hydrogen) atoms. The summed E-state index contributed by atoms with van der Waals surface area (Å²) >= 11 is 0. The molecule has 2 aliphatic rings. The first-order chi connectivity index (χ1) is 15.0. The highest BCUT2D eigenvalue weighted by molar-refractivity contribution is 6.28. The Kier molecular flexibility index (Phi) is 5.09. The average molecular weight is 415 g/mol. The first-order valence-electron chi connectivity index (χ1n) is 9.35. The van der Waals surface area contributed by atoms with Crippen LogP contribution in [0.1, 0.15) is 31.8 Å². The summed E-state index contributed by atoms with van der Waals surface area (Å²) in [6.45, 7) is 0. The van der Waals surface area contributed by atoms with Gasteiger partial charge in [0.05, 0.1) is 19.8 Å². The van der Waals surface area contributed by atoms with Crippen molar-refractivity contribution in [3.63, 3.8) is 0 Å². The van der Waals surface area contributed by atoms with Crippen molar-refractivity contribution in [2.75, 3.05) is 19.1 Å². The van der Waals surface area contributed by atoms with Gasteiger partial charge in [-0.3, -0.25) is 9.59 Å². The number of hydrogen-bond acceptors (Lipinski definition) is 7. The molecule has 1 aliphatic heterocycles. The second-order valence-corrected chi connectivity index (χ2v) is 6.75. The van der Waals surface area contributed by atoms with Gasteiger partial charge in [-0.15, -0.1) is 0 Å². The van der Waals surface area contributed by atoms with Crippen molar-refractivity contribution in [3.8, 4) is 0 Å². The van der Waals surface area contributed by atoms with Crippen LogP contribution >= 0.6 is 0 Å². The van der Waals surface area contributed by atoms with Crippen molar-refractivity contribution in [3.05, 3.63) is 100 Å². The Labute approximate surface area is 177 Å². The molecule has 1 aliphatic carbocycles. The molecular weight excluding hydrogens is 398 g/mol. The number of esters is 2. The fourth-order valence-corrected chi connectivity index (χ4v) is 3.60. The van der Waals surface area contributed by atoms with Gasteiger partial charge in [0.15, 0.2) is 11.6 Å². The molecule has 7 nitrogen and oxygen atoms in total. The Morgan fingerprint density at radius 1 is 0.774 bits per heavy atom. The van der Waals surface area contributed by atoms with E-state index in [1.165, 1.54) is 31.3 Å². The second-order valence-electron chi connectivity index (χ2n) is 6.75. The Morgan fingerprint density at radius 3 is 2.03 bits per heavy atom. The number of nitrogens with zero attached hydrogens (tertiary/aromatic N) is 1. The average Bonchev–Trinajstić information content (AvgIpc) is 3.04. The molecular formula is C24H17NO6. The minimum Gasteiger partial charge on any atom is -0.465 e. The third-order valence-corrected chi connectivity index (χ3v) is 5.08. The summed E-state index contributed by atoms with van der Waals surface area (Å²) in [4.78, 5) is 52.2. The van der Waals surface area contributed by atoms with E-state index in [1.807, 2.05) is 0 Å². The zero-order chi connectivity index (χ0) is 22.1. The molecule has 4 rings (SSSR count). The van der Waals surface area contributed by atoms with Crippen molar-refractivity contribution < 1.29 is 28.7 Å². The number of anilines is 1. The van der Waals surface area contributed by atoms with Gasteiger partial charge in [-0.25, -0.2) is 9.59 Å². The zero-order valence-electron chi connectivity index (χ0n) is 16.7. The highest BCUT2D eigenvalue weighted by Crippen LogP contribution is 2.33. The molecule has 154 valence electrons. The summed E-state index contributed by atoms with van der Waals surface area (Å²) in [6.07, 6.45) is 6.21. The van der Waals surface area contributed by atoms with Gasteiger partial charge in [-0.05, 0) is 30.4 Å².